The molecule has 0 aromatic heterocycles. The molecule has 0 aliphatic heterocycles. The quantitative estimate of drug-likeness (QED) is 0.420. The third-order valence-corrected chi connectivity index (χ3v) is 10.4. The Hall–Kier alpha value is 0.648. The Morgan fingerprint density at radius 1 is 1.04 bits per heavy atom. The van der Waals surface area contributed by atoms with E-state index in [1.165, 1.54) is 10.8 Å². The Kier molecular flexibility index (Phi) is 11.0. The van der Waals surface area contributed by atoms with Crippen molar-refractivity contribution >= 4 is 16.4 Å². The third kappa shape index (κ3) is 5.82. The molecule has 26 heavy (non-hydrogen) atoms. The predicted molar refractivity (Wildman–Crippen MR) is 106 cm³/mol. The summed E-state index contributed by atoms with van der Waals surface area (Å²) in [6.45, 7) is 18.9. The van der Waals surface area contributed by atoms with Crippen molar-refractivity contribution in [2.24, 2.45) is 5.41 Å². The monoisotopic (exact) mass is 463 g/mol. The Morgan fingerprint density at radius 3 is 2.04 bits per heavy atom. The number of hydrogen-bond acceptors (Lipinski definition) is 1. The van der Waals surface area contributed by atoms with Crippen LogP contribution >= 0.6 is 0 Å². The summed E-state index contributed by atoms with van der Waals surface area (Å²) in [7, 11) is -3.59. The molecule has 0 bridgehead atoms. The van der Waals surface area contributed by atoms with E-state index in [1.807, 2.05) is 0 Å². The first-order valence-corrected chi connectivity index (χ1v) is 15.2. The molecule has 1 radical (unpaired) electrons. The van der Waals surface area contributed by atoms with Crippen LogP contribution in [0.1, 0.15) is 33.6 Å². The molecule has 0 amide bonds. The molecule has 2 rings (SSSR count). The molecule has 2 aliphatic carbocycles. The van der Waals surface area contributed by atoms with Crippen molar-refractivity contribution in [3.63, 3.8) is 0 Å². The first-order chi connectivity index (χ1) is 10.4. The Bertz CT molecular complexity index is 596. The minimum absolute atomic E-state index is 0. The minimum atomic E-state index is -1.89. The smallest absolute Gasteiger partial charge is 1.00 e. The van der Waals surface area contributed by atoms with E-state index in [0.29, 0.717) is 0 Å². The van der Waals surface area contributed by atoms with Crippen LogP contribution in [-0.4, -0.2) is 21.6 Å². The average molecular weight is 464 g/mol. The fourth-order valence-corrected chi connectivity index (χ4v) is 10.3. The molecule has 1 atom stereocenters. The second-order valence-electron chi connectivity index (χ2n) is 9.33. The largest absolute Gasteiger partial charge is 3.00 e. The first-order valence-electron chi connectivity index (χ1n) is 8.76. The number of halogens is 2. The first kappa shape index (κ1) is 28.9. The zero-order valence-corrected chi connectivity index (χ0v) is 22.5. The van der Waals surface area contributed by atoms with Gasteiger partial charge in [-0.15, -0.1) is 6.42 Å². The van der Waals surface area contributed by atoms with E-state index in [0.717, 1.165) is 12.8 Å². The van der Waals surface area contributed by atoms with Crippen molar-refractivity contribution in [2.45, 2.75) is 71.6 Å². The molecule has 6 heteroatoms. The number of allylic oxidation sites excluding steroid dienone is 6. The van der Waals surface area contributed by atoms with Crippen molar-refractivity contribution in [3.8, 4) is 0 Å². The molecule has 0 aromatic rings. The van der Waals surface area contributed by atoms with Gasteiger partial charge in [-0.3, -0.25) is 6.08 Å². The Morgan fingerprint density at radius 2 is 1.62 bits per heavy atom. The normalized spacial score (nSPS) is 22.6. The molecule has 0 fully saturated rings. The molecule has 0 saturated carbocycles. The maximum atomic E-state index is 7.07. The van der Waals surface area contributed by atoms with E-state index in [4.69, 9.17) is 4.43 Å². The number of hydrogen-bond donors (Lipinski definition) is 0. The maximum Gasteiger partial charge on any atom is 3.00 e. The zero-order valence-electron chi connectivity index (χ0n) is 17.5. The van der Waals surface area contributed by atoms with Crippen LogP contribution in [-0.2, 0) is 26.1 Å². The van der Waals surface area contributed by atoms with Crippen LogP contribution in [0.3, 0.4) is 0 Å². The molecule has 0 saturated heterocycles. The molecular formula is C20H33Cl2OSi2Ti. The van der Waals surface area contributed by atoms with Gasteiger partial charge in [-0.1, -0.05) is 52.1 Å². The summed E-state index contributed by atoms with van der Waals surface area (Å²) in [5.41, 5.74) is 1.58. The molecule has 1 unspecified atom stereocenters. The van der Waals surface area contributed by atoms with Crippen molar-refractivity contribution in [2.75, 3.05) is 0 Å². The second kappa shape index (κ2) is 9.91. The summed E-state index contributed by atoms with van der Waals surface area (Å²) >= 11 is 0. The van der Waals surface area contributed by atoms with Crippen molar-refractivity contribution in [1.82, 2.24) is 0 Å². The van der Waals surface area contributed by atoms with Gasteiger partial charge >= 0.3 is 21.7 Å². The molecular weight excluding hydrogens is 431 g/mol. The van der Waals surface area contributed by atoms with Crippen LogP contribution in [0.15, 0.2) is 41.1 Å². The molecule has 0 aromatic carbocycles. The van der Waals surface area contributed by atoms with Crippen LogP contribution in [0.4, 0.5) is 0 Å². The summed E-state index contributed by atoms with van der Waals surface area (Å²) in [6, 6.07) is 0. The minimum Gasteiger partial charge on any atom is -1.00 e. The molecule has 0 spiro atoms. The van der Waals surface area contributed by atoms with Gasteiger partial charge in [0.15, 0.2) is 8.32 Å². The standard InChI is InChI=1S/C20H33OSi2.2ClH.Ti/c1-19(2,3)18-15-11-12-16-20(18,21-22(4,5)6)23(7,8)17-13-9-10-14-17;;;/h9,11-13,15H,10,16H2,1-8H3;2*1H;/q-1;;;+3/p-2. The van der Waals surface area contributed by atoms with Gasteiger partial charge in [-0.25, -0.2) is 11.3 Å². The molecule has 1 nitrogen and oxygen atoms in total. The number of rotatable bonds is 4. The summed E-state index contributed by atoms with van der Waals surface area (Å²) in [4.78, 5) is 0. The van der Waals surface area contributed by atoms with Crippen molar-refractivity contribution in [1.29, 1.82) is 0 Å². The summed E-state index contributed by atoms with van der Waals surface area (Å²) < 4.78 is 7.07. The van der Waals surface area contributed by atoms with E-state index in [-0.39, 0.29) is 57.2 Å². The van der Waals surface area contributed by atoms with Gasteiger partial charge in [0.1, 0.15) is 0 Å². The fraction of sp³-hybridized carbons (Fsp3) is 0.600. The zero-order chi connectivity index (χ0) is 17.5. The van der Waals surface area contributed by atoms with E-state index in [9.17, 15) is 0 Å². The topological polar surface area (TPSA) is 9.23 Å². The fourth-order valence-electron chi connectivity index (χ4n) is 3.89. The van der Waals surface area contributed by atoms with Crippen LogP contribution < -0.4 is 24.8 Å². The summed E-state index contributed by atoms with van der Waals surface area (Å²) in [5, 5.41) is 1.28. The summed E-state index contributed by atoms with van der Waals surface area (Å²) in [5.74, 6) is 0. The predicted octanol–water partition coefficient (Wildman–Crippen LogP) is -0.00911. The SMILES string of the molecule is CC(C)(C)C1=CC=CCC1(O[Si](C)(C)C)[Si](C)(C)C1=[C-]CC=C1.[Cl-].[Cl-].[Ti+3]. The van der Waals surface area contributed by atoms with Crippen LogP contribution in [0.5, 0.6) is 0 Å². The van der Waals surface area contributed by atoms with Gasteiger partial charge < -0.3 is 29.2 Å². The average Bonchev–Trinajstić information content (AvgIpc) is 2.90. The van der Waals surface area contributed by atoms with Crippen LogP contribution in [0, 0.1) is 11.5 Å². The van der Waals surface area contributed by atoms with E-state index < -0.39 is 16.4 Å². The Labute approximate surface area is 190 Å². The van der Waals surface area contributed by atoms with Gasteiger partial charge in [-0.05, 0) is 37.0 Å². The maximum absolute atomic E-state index is 7.07. The van der Waals surface area contributed by atoms with Gasteiger partial charge in [0.2, 0.25) is 0 Å². The van der Waals surface area contributed by atoms with Crippen molar-refractivity contribution in [3.05, 3.63) is 47.2 Å². The van der Waals surface area contributed by atoms with E-state index >= 15 is 0 Å². The van der Waals surface area contributed by atoms with Crippen molar-refractivity contribution < 1.29 is 51.0 Å². The molecule has 145 valence electrons. The van der Waals surface area contributed by atoms with Gasteiger partial charge in [0.25, 0.3) is 0 Å². The molecule has 0 N–H and O–H groups in total. The Balaban J connectivity index is 0. The third-order valence-electron chi connectivity index (χ3n) is 4.91. The van der Waals surface area contributed by atoms with Gasteiger partial charge in [0.05, 0.1) is 13.3 Å². The van der Waals surface area contributed by atoms with E-state index in [2.05, 4.69) is 90.0 Å². The summed E-state index contributed by atoms with van der Waals surface area (Å²) in [6.07, 6.45) is 17.0. The van der Waals surface area contributed by atoms with Crippen LogP contribution in [0.2, 0.25) is 32.7 Å². The van der Waals surface area contributed by atoms with E-state index in [1.54, 1.807) is 0 Å². The molecule has 2 aliphatic rings. The molecule has 0 heterocycles. The second-order valence-corrected chi connectivity index (χ2v) is 18.4. The van der Waals surface area contributed by atoms with Gasteiger partial charge in [0, 0.05) is 0 Å². The van der Waals surface area contributed by atoms with Crippen LogP contribution in [0.25, 0.3) is 0 Å². The van der Waals surface area contributed by atoms with Gasteiger partial charge in [-0.2, -0.15) is 6.08 Å².